The van der Waals surface area contributed by atoms with E-state index in [0.717, 1.165) is 30.9 Å². The van der Waals surface area contributed by atoms with E-state index in [1.54, 1.807) is 14.2 Å². The Kier molecular flexibility index (Phi) is 4.12. The quantitative estimate of drug-likeness (QED) is 0.890. The molecule has 0 fully saturated rings. The molecule has 0 bridgehead atoms. The smallest absolute Gasteiger partial charge is 0.124 e. The normalized spacial score (nSPS) is 18.6. The van der Waals surface area contributed by atoms with Gasteiger partial charge in [0, 0.05) is 17.2 Å². The van der Waals surface area contributed by atoms with Gasteiger partial charge in [-0.1, -0.05) is 13.8 Å². The first-order chi connectivity index (χ1) is 8.67. The van der Waals surface area contributed by atoms with Crippen molar-refractivity contribution in [1.82, 2.24) is 5.32 Å². The summed E-state index contributed by atoms with van der Waals surface area (Å²) in [7, 11) is 3.48. The van der Waals surface area contributed by atoms with Crippen molar-refractivity contribution < 1.29 is 9.47 Å². The summed E-state index contributed by atoms with van der Waals surface area (Å²) in [5, 5.41) is 3.60. The SMILES string of the molecule is COc1ccc(OC)c2c1CCNC2CC(C)C. The Hall–Kier alpha value is -1.22. The highest BCUT2D eigenvalue weighted by atomic mass is 16.5. The summed E-state index contributed by atoms with van der Waals surface area (Å²) in [4.78, 5) is 0. The van der Waals surface area contributed by atoms with Crippen LogP contribution in [0.4, 0.5) is 0 Å². The lowest BCUT2D eigenvalue weighted by molar-refractivity contribution is 0.357. The number of rotatable bonds is 4. The monoisotopic (exact) mass is 249 g/mol. The van der Waals surface area contributed by atoms with Gasteiger partial charge < -0.3 is 14.8 Å². The molecule has 0 radical (unpaired) electrons. The van der Waals surface area contributed by atoms with Gasteiger partial charge in [-0.25, -0.2) is 0 Å². The second-order valence-electron chi connectivity index (χ2n) is 5.25. The van der Waals surface area contributed by atoms with Crippen LogP contribution >= 0.6 is 0 Å². The Morgan fingerprint density at radius 3 is 2.50 bits per heavy atom. The van der Waals surface area contributed by atoms with Crippen LogP contribution in [0.5, 0.6) is 11.5 Å². The van der Waals surface area contributed by atoms with Gasteiger partial charge in [0.2, 0.25) is 0 Å². The standard InChI is InChI=1S/C15H23NO2/c1-10(2)9-12-15-11(7-8-16-12)13(17-3)5-6-14(15)18-4/h5-6,10,12,16H,7-9H2,1-4H3. The number of benzene rings is 1. The minimum Gasteiger partial charge on any atom is -0.496 e. The summed E-state index contributed by atoms with van der Waals surface area (Å²) in [6.45, 7) is 5.51. The number of hydrogen-bond donors (Lipinski definition) is 1. The first-order valence-electron chi connectivity index (χ1n) is 6.64. The molecule has 1 aromatic carbocycles. The van der Waals surface area contributed by atoms with Crippen molar-refractivity contribution in [2.24, 2.45) is 5.92 Å². The highest BCUT2D eigenvalue weighted by Gasteiger charge is 2.26. The Morgan fingerprint density at radius 2 is 1.89 bits per heavy atom. The van der Waals surface area contributed by atoms with Crippen molar-refractivity contribution in [2.75, 3.05) is 20.8 Å². The summed E-state index contributed by atoms with van der Waals surface area (Å²) < 4.78 is 11.0. The molecule has 3 nitrogen and oxygen atoms in total. The zero-order chi connectivity index (χ0) is 13.1. The van der Waals surface area contributed by atoms with Crippen molar-refractivity contribution in [1.29, 1.82) is 0 Å². The van der Waals surface area contributed by atoms with Gasteiger partial charge in [0.1, 0.15) is 11.5 Å². The van der Waals surface area contributed by atoms with Crippen LogP contribution in [-0.4, -0.2) is 20.8 Å². The van der Waals surface area contributed by atoms with E-state index in [0.29, 0.717) is 12.0 Å². The Labute approximate surface area is 109 Å². The molecule has 0 aliphatic carbocycles. The molecule has 0 saturated heterocycles. The fraction of sp³-hybridized carbons (Fsp3) is 0.600. The van der Waals surface area contributed by atoms with Crippen LogP contribution in [-0.2, 0) is 6.42 Å². The second-order valence-corrected chi connectivity index (χ2v) is 5.25. The number of methoxy groups -OCH3 is 2. The third-order valence-electron chi connectivity index (χ3n) is 3.54. The molecule has 3 heteroatoms. The molecule has 0 saturated carbocycles. The van der Waals surface area contributed by atoms with Crippen LogP contribution in [0.15, 0.2) is 12.1 Å². The molecule has 1 N–H and O–H groups in total. The van der Waals surface area contributed by atoms with Crippen molar-refractivity contribution in [3.05, 3.63) is 23.3 Å². The third-order valence-corrected chi connectivity index (χ3v) is 3.54. The summed E-state index contributed by atoms with van der Waals surface area (Å²) >= 11 is 0. The molecular weight excluding hydrogens is 226 g/mol. The summed E-state index contributed by atoms with van der Waals surface area (Å²) in [5.41, 5.74) is 2.60. The van der Waals surface area contributed by atoms with Crippen molar-refractivity contribution >= 4 is 0 Å². The zero-order valence-electron chi connectivity index (χ0n) is 11.7. The molecule has 0 aromatic heterocycles. The van der Waals surface area contributed by atoms with Crippen molar-refractivity contribution in [3.63, 3.8) is 0 Å². The van der Waals surface area contributed by atoms with E-state index in [-0.39, 0.29) is 0 Å². The maximum absolute atomic E-state index is 5.53. The molecule has 1 aliphatic heterocycles. The maximum Gasteiger partial charge on any atom is 0.124 e. The molecular formula is C15H23NO2. The first-order valence-corrected chi connectivity index (χ1v) is 6.64. The number of hydrogen-bond acceptors (Lipinski definition) is 3. The average molecular weight is 249 g/mol. The average Bonchev–Trinajstić information content (AvgIpc) is 2.37. The number of nitrogens with one attached hydrogen (secondary N) is 1. The van der Waals surface area contributed by atoms with Gasteiger partial charge in [0.05, 0.1) is 14.2 Å². The topological polar surface area (TPSA) is 30.5 Å². The van der Waals surface area contributed by atoms with E-state index in [9.17, 15) is 0 Å². The first kappa shape index (κ1) is 13.2. The number of ether oxygens (including phenoxy) is 2. The summed E-state index contributed by atoms with van der Waals surface area (Å²) in [6, 6.07) is 4.40. The van der Waals surface area contributed by atoms with E-state index >= 15 is 0 Å². The molecule has 1 unspecified atom stereocenters. The van der Waals surface area contributed by atoms with Gasteiger partial charge in [-0.05, 0) is 37.4 Å². The van der Waals surface area contributed by atoms with Crippen LogP contribution in [0, 0.1) is 5.92 Å². The van der Waals surface area contributed by atoms with Crippen LogP contribution < -0.4 is 14.8 Å². The van der Waals surface area contributed by atoms with Crippen LogP contribution in [0.3, 0.4) is 0 Å². The fourth-order valence-corrected chi connectivity index (χ4v) is 2.78. The zero-order valence-corrected chi connectivity index (χ0v) is 11.7. The van der Waals surface area contributed by atoms with Crippen molar-refractivity contribution in [2.45, 2.75) is 32.7 Å². The van der Waals surface area contributed by atoms with E-state index in [1.165, 1.54) is 11.1 Å². The highest BCUT2D eigenvalue weighted by molar-refractivity contribution is 5.51. The predicted molar refractivity (Wildman–Crippen MR) is 73.4 cm³/mol. The summed E-state index contributed by atoms with van der Waals surface area (Å²) in [6.07, 6.45) is 2.13. The van der Waals surface area contributed by atoms with E-state index in [1.807, 2.05) is 12.1 Å². The second kappa shape index (κ2) is 5.61. The molecule has 0 amide bonds. The van der Waals surface area contributed by atoms with Crippen LogP contribution in [0.2, 0.25) is 0 Å². The van der Waals surface area contributed by atoms with Crippen LogP contribution in [0.1, 0.15) is 37.4 Å². The molecule has 18 heavy (non-hydrogen) atoms. The molecule has 1 aromatic rings. The molecule has 2 rings (SSSR count). The van der Waals surface area contributed by atoms with Gasteiger partial charge in [0.15, 0.2) is 0 Å². The summed E-state index contributed by atoms with van der Waals surface area (Å²) in [5.74, 6) is 2.62. The van der Waals surface area contributed by atoms with Gasteiger partial charge in [-0.2, -0.15) is 0 Å². The Bertz CT molecular complexity index is 415. The molecule has 1 aliphatic rings. The van der Waals surface area contributed by atoms with E-state index in [4.69, 9.17) is 9.47 Å². The lowest BCUT2D eigenvalue weighted by Crippen LogP contribution is -2.31. The Morgan fingerprint density at radius 1 is 1.22 bits per heavy atom. The van der Waals surface area contributed by atoms with E-state index in [2.05, 4.69) is 19.2 Å². The van der Waals surface area contributed by atoms with Crippen LogP contribution in [0.25, 0.3) is 0 Å². The number of fused-ring (bicyclic) bond motifs is 1. The van der Waals surface area contributed by atoms with Gasteiger partial charge in [-0.3, -0.25) is 0 Å². The lowest BCUT2D eigenvalue weighted by Gasteiger charge is -2.30. The van der Waals surface area contributed by atoms with Gasteiger partial charge in [-0.15, -0.1) is 0 Å². The van der Waals surface area contributed by atoms with E-state index < -0.39 is 0 Å². The minimum atomic E-state index is 0.374. The Balaban J connectivity index is 2.45. The fourth-order valence-electron chi connectivity index (χ4n) is 2.78. The minimum absolute atomic E-state index is 0.374. The van der Waals surface area contributed by atoms with Gasteiger partial charge >= 0.3 is 0 Å². The largest absolute Gasteiger partial charge is 0.496 e. The van der Waals surface area contributed by atoms with Gasteiger partial charge in [0.25, 0.3) is 0 Å². The maximum atomic E-state index is 5.53. The highest BCUT2D eigenvalue weighted by Crippen LogP contribution is 2.39. The molecule has 1 atom stereocenters. The van der Waals surface area contributed by atoms with Crippen molar-refractivity contribution in [3.8, 4) is 11.5 Å². The lowest BCUT2D eigenvalue weighted by atomic mass is 9.88. The molecule has 1 heterocycles. The molecule has 100 valence electrons. The molecule has 0 spiro atoms. The third kappa shape index (κ3) is 2.46. The predicted octanol–water partition coefficient (Wildman–Crippen LogP) is 2.94.